The van der Waals surface area contributed by atoms with E-state index in [2.05, 4.69) is 10.6 Å². The lowest BCUT2D eigenvalue weighted by Gasteiger charge is -2.27. The van der Waals surface area contributed by atoms with Crippen molar-refractivity contribution >= 4 is 29.2 Å². The van der Waals surface area contributed by atoms with Crippen LogP contribution in [0, 0.1) is 11.6 Å². The molecule has 0 bridgehead atoms. The Hall–Kier alpha value is -2.71. The number of halogens is 4. The first-order chi connectivity index (χ1) is 15.0. The van der Waals surface area contributed by atoms with Crippen LogP contribution in [0.5, 0.6) is 5.75 Å². The van der Waals surface area contributed by atoms with E-state index in [9.17, 15) is 18.0 Å². The number of carbonyl (C=O) groups is 1. The van der Waals surface area contributed by atoms with E-state index in [1.54, 1.807) is 30.0 Å². The largest absolute Gasteiger partial charge is 0.497 e. The second-order valence-corrected chi connectivity index (χ2v) is 7.74. The lowest BCUT2D eigenvalue weighted by Crippen LogP contribution is -2.51. The van der Waals surface area contributed by atoms with Crippen LogP contribution in [0.25, 0.3) is 10.9 Å². The van der Waals surface area contributed by atoms with Gasteiger partial charge >= 0.3 is 0 Å². The average molecular weight is 468 g/mol. The van der Waals surface area contributed by atoms with Gasteiger partial charge in [-0.15, -0.1) is 12.4 Å². The molecular weight excluding hydrogens is 443 g/mol. The van der Waals surface area contributed by atoms with Crippen molar-refractivity contribution in [3.63, 3.8) is 0 Å². The molecule has 0 radical (unpaired) electrons. The van der Waals surface area contributed by atoms with E-state index in [0.29, 0.717) is 30.8 Å². The fourth-order valence-electron chi connectivity index (χ4n) is 4.04. The summed E-state index contributed by atoms with van der Waals surface area (Å²) in [5.41, 5.74) is 1.33. The van der Waals surface area contributed by atoms with Crippen LogP contribution in [0.2, 0.25) is 0 Å². The molecule has 0 unspecified atom stereocenters. The summed E-state index contributed by atoms with van der Waals surface area (Å²) < 4.78 is 50.1. The number of benzene rings is 2. The zero-order chi connectivity index (χ0) is 22.0. The van der Waals surface area contributed by atoms with Crippen molar-refractivity contribution in [1.82, 2.24) is 15.2 Å². The summed E-state index contributed by atoms with van der Waals surface area (Å²) >= 11 is 0. The van der Waals surface area contributed by atoms with E-state index >= 15 is 0 Å². The van der Waals surface area contributed by atoms with Crippen LogP contribution in [-0.2, 0) is 17.8 Å². The smallest absolute Gasteiger partial charge is 0.224 e. The molecule has 0 aliphatic carbocycles. The minimum Gasteiger partial charge on any atom is -0.497 e. The van der Waals surface area contributed by atoms with Crippen molar-refractivity contribution in [1.29, 1.82) is 0 Å². The molecule has 32 heavy (non-hydrogen) atoms. The van der Waals surface area contributed by atoms with Crippen LogP contribution < -0.4 is 15.4 Å². The minimum atomic E-state index is -1.18. The number of nitrogens with one attached hydrogen (secondary N) is 2. The molecule has 4 rings (SSSR count). The number of fused-ring (bicyclic) bond motifs is 1. The second-order valence-electron chi connectivity index (χ2n) is 7.74. The zero-order valence-electron chi connectivity index (χ0n) is 17.5. The Morgan fingerprint density at radius 3 is 2.59 bits per heavy atom. The van der Waals surface area contributed by atoms with Gasteiger partial charge in [0.25, 0.3) is 0 Å². The third-order valence-corrected chi connectivity index (χ3v) is 5.62. The predicted molar refractivity (Wildman–Crippen MR) is 119 cm³/mol. The van der Waals surface area contributed by atoms with Gasteiger partial charge < -0.3 is 19.9 Å². The van der Waals surface area contributed by atoms with Crippen molar-refractivity contribution in [2.24, 2.45) is 0 Å². The van der Waals surface area contributed by atoms with Gasteiger partial charge in [0.2, 0.25) is 5.91 Å². The number of carbonyl (C=O) groups excluding carboxylic acids is 1. The molecule has 1 aromatic heterocycles. The molecule has 2 heterocycles. The maximum Gasteiger partial charge on any atom is 0.224 e. The zero-order valence-corrected chi connectivity index (χ0v) is 18.4. The third kappa shape index (κ3) is 5.02. The van der Waals surface area contributed by atoms with Gasteiger partial charge in [0.15, 0.2) is 0 Å². The van der Waals surface area contributed by atoms with E-state index in [4.69, 9.17) is 4.74 Å². The molecule has 0 spiro atoms. The van der Waals surface area contributed by atoms with Crippen LogP contribution in [0.1, 0.15) is 17.5 Å². The molecule has 2 aromatic carbocycles. The van der Waals surface area contributed by atoms with E-state index in [1.807, 2.05) is 12.1 Å². The summed E-state index contributed by atoms with van der Waals surface area (Å²) in [7, 11) is 1.57. The summed E-state index contributed by atoms with van der Waals surface area (Å²) in [5, 5.41) is 5.70. The summed E-state index contributed by atoms with van der Waals surface area (Å²) in [6.45, 7) is 1.10. The summed E-state index contributed by atoms with van der Waals surface area (Å²) in [5.74, 6) is -0.891. The van der Waals surface area contributed by atoms with Gasteiger partial charge in [0.1, 0.15) is 23.6 Å². The van der Waals surface area contributed by atoms with Crippen LogP contribution in [0.15, 0.2) is 42.6 Å². The van der Waals surface area contributed by atoms with Crippen molar-refractivity contribution < 1.29 is 22.7 Å². The number of hydrogen-bond acceptors (Lipinski definition) is 3. The van der Waals surface area contributed by atoms with Crippen LogP contribution in [0.4, 0.5) is 13.2 Å². The molecule has 5 nitrogen and oxygen atoms in total. The molecule has 9 heteroatoms. The maximum atomic E-state index is 14.7. The molecule has 3 aromatic rings. The lowest BCUT2D eigenvalue weighted by molar-refractivity contribution is -0.121. The number of ether oxygens (including phenoxy) is 1. The van der Waals surface area contributed by atoms with Gasteiger partial charge in [-0.3, -0.25) is 4.79 Å². The third-order valence-electron chi connectivity index (χ3n) is 5.62. The highest BCUT2D eigenvalue weighted by Crippen LogP contribution is 2.28. The molecular formula is C23H25ClF3N3O2. The molecule has 172 valence electrons. The van der Waals surface area contributed by atoms with Crippen LogP contribution >= 0.6 is 12.4 Å². The Labute approximate surface area is 190 Å². The fraction of sp³-hybridized carbons (Fsp3) is 0.348. The van der Waals surface area contributed by atoms with Gasteiger partial charge in [-0.05, 0) is 48.4 Å². The van der Waals surface area contributed by atoms with Crippen molar-refractivity contribution in [2.45, 2.75) is 31.6 Å². The number of amides is 1. The first kappa shape index (κ1) is 23.9. The first-order valence-corrected chi connectivity index (χ1v) is 10.2. The van der Waals surface area contributed by atoms with Gasteiger partial charge in [-0.1, -0.05) is 12.1 Å². The molecule has 1 aliphatic rings. The highest BCUT2D eigenvalue weighted by atomic mass is 35.5. The normalized spacial score (nSPS) is 18.2. The van der Waals surface area contributed by atoms with Crippen molar-refractivity contribution in [3.05, 3.63) is 65.4 Å². The monoisotopic (exact) mass is 467 g/mol. The predicted octanol–water partition coefficient (Wildman–Crippen LogP) is 3.76. The number of rotatable bonds is 6. The lowest BCUT2D eigenvalue weighted by atomic mass is 10.0. The van der Waals surface area contributed by atoms with Gasteiger partial charge in [0, 0.05) is 24.7 Å². The fourth-order valence-corrected chi connectivity index (χ4v) is 4.04. The summed E-state index contributed by atoms with van der Waals surface area (Å²) in [4.78, 5) is 12.6. The van der Waals surface area contributed by atoms with Crippen molar-refractivity contribution in [3.8, 4) is 5.75 Å². The van der Waals surface area contributed by atoms with Gasteiger partial charge in [0.05, 0.1) is 25.1 Å². The minimum absolute atomic E-state index is 0. The Kier molecular flexibility index (Phi) is 7.69. The van der Waals surface area contributed by atoms with E-state index < -0.39 is 29.8 Å². The van der Waals surface area contributed by atoms with E-state index in [0.717, 1.165) is 17.7 Å². The highest BCUT2D eigenvalue weighted by molar-refractivity contribution is 5.90. The summed E-state index contributed by atoms with van der Waals surface area (Å²) in [6, 6.07) is 8.82. The topological polar surface area (TPSA) is 55.3 Å². The Bertz CT molecular complexity index is 1090. The van der Waals surface area contributed by atoms with E-state index in [1.165, 1.54) is 0 Å². The highest BCUT2D eigenvalue weighted by Gasteiger charge is 2.26. The second kappa shape index (κ2) is 10.3. The SMILES string of the molecule is COc1ccc(Cn2cc(CC(=O)N[C@H]3CCNC[C@H]3F)c3c(F)ccc(F)c32)cc1.Cl. The van der Waals surface area contributed by atoms with E-state index in [-0.39, 0.29) is 36.3 Å². The number of alkyl halides is 1. The molecule has 1 saturated heterocycles. The number of methoxy groups -OCH3 is 1. The average Bonchev–Trinajstić information content (AvgIpc) is 3.11. The standard InChI is InChI=1S/C23H24F3N3O2.ClH/c1-31-16-4-2-14(3-5-16)12-29-13-15(22-17(24)6-7-18(25)23(22)29)10-21(30)28-20-8-9-27-11-19(20)26;/h2-7,13,19-20,27H,8-12H2,1H3,(H,28,30);1H/t19-,20+;/m1./s1. The first-order valence-electron chi connectivity index (χ1n) is 10.2. The van der Waals surface area contributed by atoms with Crippen LogP contribution in [0.3, 0.4) is 0 Å². The van der Waals surface area contributed by atoms with Crippen LogP contribution in [-0.4, -0.2) is 42.9 Å². The Morgan fingerprint density at radius 1 is 1.19 bits per heavy atom. The number of aromatic nitrogens is 1. The van der Waals surface area contributed by atoms with Crippen molar-refractivity contribution in [2.75, 3.05) is 20.2 Å². The maximum absolute atomic E-state index is 14.7. The molecule has 2 atom stereocenters. The molecule has 1 aliphatic heterocycles. The number of piperidine rings is 1. The molecule has 2 N–H and O–H groups in total. The van der Waals surface area contributed by atoms with Gasteiger partial charge in [-0.25, -0.2) is 13.2 Å². The Morgan fingerprint density at radius 2 is 1.91 bits per heavy atom. The molecule has 1 amide bonds. The number of hydrogen-bond donors (Lipinski definition) is 2. The Balaban J connectivity index is 0.00000289. The quantitative estimate of drug-likeness (QED) is 0.580. The van der Waals surface area contributed by atoms with Gasteiger partial charge in [-0.2, -0.15) is 0 Å². The number of nitrogens with zero attached hydrogens (tertiary/aromatic N) is 1. The summed E-state index contributed by atoms with van der Waals surface area (Å²) in [6.07, 6.45) is 0.733. The molecule has 1 fully saturated rings. The molecule has 0 saturated carbocycles.